The van der Waals surface area contributed by atoms with Crippen LogP contribution in [0.1, 0.15) is 16.9 Å². The molecule has 84 valence electrons. The fraction of sp³-hybridized carbons (Fsp3) is 0.300. The van der Waals surface area contributed by atoms with Crippen LogP contribution < -0.4 is 5.32 Å². The van der Waals surface area contributed by atoms with Gasteiger partial charge in [0.1, 0.15) is 6.26 Å². The molecule has 2 N–H and O–H groups in total. The summed E-state index contributed by atoms with van der Waals surface area (Å²) in [4.78, 5) is 22.2. The molecule has 0 aliphatic heterocycles. The molecule has 0 aromatic carbocycles. The maximum Gasteiger partial charge on any atom is 0.310 e. The highest BCUT2D eigenvalue weighted by atomic mass is 16.5. The molecule has 1 heterocycles. The van der Waals surface area contributed by atoms with Gasteiger partial charge in [-0.25, -0.2) is 0 Å². The second-order valence-corrected chi connectivity index (χ2v) is 3.53. The van der Waals surface area contributed by atoms with Gasteiger partial charge in [-0.3, -0.25) is 9.59 Å². The van der Waals surface area contributed by atoms with Crippen molar-refractivity contribution in [3.8, 4) is 0 Å². The Kier molecular flexibility index (Phi) is 2.72. The Morgan fingerprint density at radius 3 is 2.88 bits per heavy atom. The average Bonchev–Trinajstić information content (AvgIpc) is 2.87. The quantitative estimate of drug-likeness (QED) is 0.723. The van der Waals surface area contributed by atoms with Crippen molar-refractivity contribution >= 4 is 11.9 Å². The molecule has 0 saturated carbocycles. The molecule has 0 bridgehead atoms. The van der Waals surface area contributed by atoms with E-state index in [2.05, 4.69) is 15.0 Å². The van der Waals surface area contributed by atoms with Crippen LogP contribution in [0, 0.1) is 5.92 Å². The molecule has 2 atom stereocenters. The molecule has 1 amide bonds. The fourth-order valence-electron chi connectivity index (χ4n) is 1.56. The number of amides is 1. The topological polar surface area (TPSA) is 92.4 Å². The van der Waals surface area contributed by atoms with Gasteiger partial charge in [0.2, 0.25) is 0 Å². The van der Waals surface area contributed by atoms with Crippen LogP contribution in [-0.4, -0.2) is 28.2 Å². The molecule has 2 unspecified atom stereocenters. The van der Waals surface area contributed by atoms with E-state index in [1.807, 2.05) is 0 Å². The van der Waals surface area contributed by atoms with Crippen molar-refractivity contribution in [3.05, 3.63) is 30.2 Å². The lowest BCUT2D eigenvalue weighted by atomic mass is 10.1. The van der Waals surface area contributed by atoms with Crippen LogP contribution in [-0.2, 0) is 4.79 Å². The Hall–Kier alpha value is -2.11. The maximum absolute atomic E-state index is 11.5. The van der Waals surface area contributed by atoms with Crippen LogP contribution in [0.15, 0.2) is 29.0 Å². The standard InChI is InChI=1S/C10H10N2O4/c13-9(8-3-4-16-12-8)11-7-2-1-6(5-7)10(14)15/h1-4,6-7H,5H2,(H,11,13)(H,14,15). The predicted octanol–water partition coefficient (Wildman–Crippen LogP) is 0.434. The van der Waals surface area contributed by atoms with Crippen molar-refractivity contribution in [1.29, 1.82) is 0 Å². The van der Waals surface area contributed by atoms with Gasteiger partial charge in [-0.2, -0.15) is 0 Å². The van der Waals surface area contributed by atoms with E-state index < -0.39 is 11.9 Å². The first kappa shape index (κ1) is 10.4. The summed E-state index contributed by atoms with van der Waals surface area (Å²) >= 11 is 0. The highest BCUT2D eigenvalue weighted by Crippen LogP contribution is 2.18. The van der Waals surface area contributed by atoms with Gasteiger partial charge in [0, 0.05) is 12.1 Å². The van der Waals surface area contributed by atoms with E-state index in [0.29, 0.717) is 6.42 Å². The summed E-state index contributed by atoms with van der Waals surface area (Å²) in [5.41, 5.74) is 0.187. The largest absolute Gasteiger partial charge is 0.481 e. The molecule has 2 rings (SSSR count). The SMILES string of the molecule is O=C(NC1C=CC(C(=O)O)C1)c1ccon1. The zero-order valence-corrected chi connectivity index (χ0v) is 8.29. The Morgan fingerprint density at radius 1 is 1.50 bits per heavy atom. The zero-order valence-electron chi connectivity index (χ0n) is 8.29. The van der Waals surface area contributed by atoms with Crippen molar-refractivity contribution in [1.82, 2.24) is 10.5 Å². The van der Waals surface area contributed by atoms with E-state index in [1.54, 1.807) is 12.2 Å². The summed E-state index contributed by atoms with van der Waals surface area (Å²) < 4.78 is 4.54. The monoisotopic (exact) mass is 222 g/mol. The van der Waals surface area contributed by atoms with Crippen molar-refractivity contribution in [3.63, 3.8) is 0 Å². The molecule has 0 saturated heterocycles. The summed E-state index contributed by atoms with van der Waals surface area (Å²) in [5, 5.41) is 14.9. The summed E-state index contributed by atoms with van der Waals surface area (Å²) in [5.74, 6) is -1.77. The number of aromatic nitrogens is 1. The second-order valence-electron chi connectivity index (χ2n) is 3.53. The first-order chi connectivity index (χ1) is 7.66. The summed E-state index contributed by atoms with van der Waals surface area (Å²) in [6.45, 7) is 0. The maximum atomic E-state index is 11.5. The van der Waals surface area contributed by atoms with Gasteiger partial charge in [-0.05, 0) is 6.42 Å². The van der Waals surface area contributed by atoms with Crippen LogP contribution in [0.3, 0.4) is 0 Å². The molecule has 6 nitrogen and oxygen atoms in total. The number of hydrogen-bond donors (Lipinski definition) is 2. The zero-order chi connectivity index (χ0) is 11.5. The van der Waals surface area contributed by atoms with E-state index >= 15 is 0 Å². The van der Waals surface area contributed by atoms with Crippen molar-refractivity contribution < 1.29 is 19.2 Å². The van der Waals surface area contributed by atoms with E-state index in [1.165, 1.54) is 12.3 Å². The minimum absolute atomic E-state index is 0.187. The first-order valence-corrected chi connectivity index (χ1v) is 4.79. The third kappa shape index (κ3) is 2.10. The van der Waals surface area contributed by atoms with Crippen molar-refractivity contribution in [2.24, 2.45) is 5.92 Å². The lowest BCUT2D eigenvalue weighted by Crippen LogP contribution is -2.33. The molecule has 1 aliphatic carbocycles. The van der Waals surface area contributed by atoms with Crippen LogP contribution in [0.2, 0.25) is 0 Å². The molecule has 0 spiro atoms. The Balaban J connectivity index is 1.91. The summed E-state index contributed by atoms with van der Waals surface area (Å²) in [6, 6.07) is 1.19. The van der Waals surface area contributed by atoms with Gasteiger partial charge in [-0.15, -0.1) is 0 Å². The van der Waals surface area contributed by atoms with Crippen LogP contribution in [0.4, 0.5) is 0 Å². The summed E-state index contributed by atoms with van der Waals surface area (Å²) in [6.07, 6.45) is 4.94. The molecular weight excluding hydrogens is 212 g/mol. The van der Waals surface area contributed by atoms with Gasteiger partial charge in [0.15, 0.2) is 5.69 Å². The van der Waals surface area contributed by atoms with E-state index in [0.717, 1.165) is 0 Å². The number of nitrogens with zero attached hydrogens (tertiary/aromatic N) is 1. The number of carbonyl (C=O) groups excluding carboxylic acids is 1. The molecule has 6 heteroatoms. The number of hydrogen-bond acceptors (Lipinski definition) is 4. The smallest absolute Gasteiger partial charge is 0.310 e. The number of carboxylic acids is 1. The number of aliphatic carboxylic acids is 1. The van der Waals surface area contributed by atoms with Gasteiger partial charge >= 0.3 is 5.97 Å². The minimum Gasteiger partial charge on any atom is -0.481 e. The minimum atomic E-state index is -0.880. The molecule has 1 aromatic rings. The Bertz CT molecular complexity index is 424. The molecular formula is C10H10N2O4. The molecule has 1 aliphatic rings. The Labute approximate surface area is 90.9 Å². The number of nitrogens with one attached hydrogen (secondary N) is 1. The second kappa shape index (κ2) is 4.18. The van der Waals surface area contributed by atoms with E-state index in [9.17, 15) is 9.59 Å². The van der Waals surface area contributed by atoms with E-state index in [-0.39, 0.29) is 17.6 Å². The lowest BCUT2D eigenvalue weighted by molar-refractivity contribution is -0.140. The van der Waals surface area contributed by atoms with Gasteiger partial charge < -0.3 is 14.9 Å². The number of rotatable bonds is 3. The van der Waals surface area contributed by atoms with Crippen molar-refractivity contribution in [2.45, 2.75) is 12.5 Å². The predicted molar refractivity (Wildman–Crippen MR) is 52.6 cm³/mol. The van der Waals surface area contributed by atoms with Crippen LogP contribution in [0.25, 0.3) is 0 Å². The molecule has 1 aromatic heterocycles. The number of carboxylic acid groups (broad SMARTS) is 1. The van der Waals surface area contributed by atoms with E-state index in [4.69, 9.17) is 5.11 Å². The molecule has 0 radical (unpaired) electrons. The van der Waals surface area contributed by atoms with Crippen LogP contribution >= 0.6 is 0 Å². The molecule has 0 fully saturated rings. The average molecular weight is 222 g/mol. The van der Waals surface area contributed by atoms with Crippen LogP contribution in [0.5, 0.6) is 0 Å². The lowest BCUT2D eigenvalue weighted by Gasteiger charge is -2.10. The third-order valence-corrected chi connectivity index (χ3v) is 2.39. The van der Waals surface area contributed by atoms with Crippen molar-refractivity contribution in [2.75, 3.05) is 0 Å². The fourth-order valence-corrected chi connectivity index (χ4v) is 1.56. The normalized spacial score (nSPS) is 23.2. The van der Waals surface area contributed by atoms with Gasteiger partial charge in [0.05, 0.1) is 5.92 Å². The highest BCUT2D eigenvalue weighted by molar-refractivity contribution is 5.92. The summed E-state index contributed by atoms with van der Waals surface area (Å²) in [7, 11) is 0. The first-order valence-electron chi connectivity index (χ1n) is 4.79. The molecule has 16 heavy (non-hydrogen) atoms. The van der Waals surface area contributed by atoms with Gasteiger partial charge in [0.25, 0.3) is 5.91 Å². The third-order valence-electron chi connectivity index (χ3n) is 2.39. The Morgan fingerprint density at radius 2 is 2.31 bits per heavy atom. The number of carbonyl (C=O) groups is 2. The van der Waals surface area contributed by atoms with Gasteiger partial charge in [-0.1, -0.05) is 17.3 Å². The highest BCUT2D eigenvalue weighted by Gasteiger charge is 2.25.